The van der Waals surface area contributed by atoms with Gasteiger partial charge in [0, 0.05) is 6.54 Å². The number of halogens is 1. The third-order valence-electron chi connectivity index (χ3n) is 4.20. The molecule has 8 nitrogen and oxygen atoms in total. The highest BCUT2D eigenvalue weighted by atomic mass is 32.2. The predicted octanol–water partition coefficient (Wildman–Crippen LogP) is 4.32. The number of methoxy groups -OCH3 is 1. The van der Waals surface area contributed by atoms with Gasteiger partial charge in [-0.25, -0.2) is 9.18 Å². The summed E-state index contributed by atoms with van der Waals surface area (Å²) in [7, 11) is 1.28. The fraction of sp³-hybridized carbons (Fsp3) is 0.238. The maximum atomic E-state index is 13.1. The minimum Gasteiger partial charge on any atom is -0.483 e. The van der Waals surface area contributed by atoms with E-state index >= 15 is 0 Å². The zero-order chi connectivity index (χ0) is 23.1. The van der Waals surface area contributed by atoms with Gasteiger partial charge >= 0.3 is 5.97 Å². The van der Waals surface area contributed by atoms with Gasteiger partial charge in [0.25, 0.3) is 0 Å². The summed E-state index contributed by atoms with van der Waals surface area (Å²) in [5.41, 5.74) is 0.305. The van der Waals surface area contributed by atoms with Crippen molar-refractivity contribution in [2.24, 2.45) is 0 Å². The largest absolute Gasteiger partial charge is 0.483 e. The highest BCUT2D eigenvalue weighted by molar-refractivity contribution is 7.99. The normalized spacial score (nSPS) is 11.6. The Kier molecular flexibility index (Phi) is 8.01. The lowest BCUT2D eigenvalue weighted by molar-refractivity contribution is -0.113. The monoisotopic (exact) mass is 476 g/mol. The smallest absolute Gasteiger partial charge is 0.340 e. The fourth-order valence-electron chi connectivity index (χ4n) is 2.75. The molecule has 0 spiro atoms. The molecule has 0 aliphatic heterocycles. The first-order valence-electron chi connectivity index (χ1n) is 9.47. The molecule has 1 N–H and O–H groups in total. The third-order valence-corrected chi connectivity index (χ3v) is 6.00. The van der Waals surface area contributed by atoms with Gasteiger partial charge in [0.15, 0.2) is 17.1 Å². The second kappa shape index (κ2) is 10.9. The Labute approximate surface area is 192 Å². The van der Waals surface area contributed by atoms with Crippen LogP contribution in [0.5, 0.6) is 5.75 Å². The number of thiophene rings is 1. The molecule has 0 bridgehead atoms. The van der Waals surface area contributed by atoms with Crippen LogP contribution in [0.25, 0.3) is 0 Å². The number of carbonyl (C=O) groups excluding carboxylic acids is 2. The first-order valence-corrected chi connectivity index (χ1v) is 11.3. The first kappa shape index (κ1) is 23.5. The van der Waals surface area contributed by atoms with Crippen molar-refractivity contribution in [3.05, 3.63) is 65.6 Å². The molecule has 0 radical (unpaired) electrons. The molecule has 0 aliphatic rings. The van der Waals surface area contributed by atoms with Crippen LogP contribution < -0.4 is 10.1 Å². The van der Waals surface area contributed by atoms with Crippen LogP contribution in [0.15, 0.2) is 53.5 Å². The Morgan fingerprint density at radius 1 is 1.31 bits per heavy atom. The van der Waals surface area contributed by atoms with Crippen molar-refractivity contribution < 1.29 is 23.5 Å². The first-order chi connectivity index (χ1) is 15.4. The Bertz CT molecular complexity index is 1100. The molecule has 2 aromatic heterocycles. The number of esters is 1. The lowest BCUT2D eigenvalue weighted by Crippen LogP contribution is -2.16. The minimum absolute atomic E-state index is 0.0565. The topological polar surface area (TPSA) is 95.3 Å². The Balaban J connectivity index is 1.66. The average molecular weight is 477 g/mol. The average Bonchev–Trinajstić information content (AvgIpc) is 3.40. The number of hydrogen-bond donors (Lipinski definition) is 1. The van der Waals surface area contributed by atoms with Gasteiger partial charge in [-0.3, -0.25) is 9.36 Å². The van der Waals surface area contributed by atoms with Crippen LogP contribution in [0.3, 0.4) is 0 Å². The number of carbonyl (C=O) groups is 2. The van der Waals surface area contributed by atoms with Crippen LogP contribution >= 0.6 is 23.1 Å². The maximum absolute atomic E-state index is 13.1. The van der Waals surface area contributed by atoms with Crippen LogP contribution in [-0.2, 0) is 16.1 Å². The number of benzene rings is 1. The van der Waals surface area contributed by atoms with E-state index in [9.17, 15) is 14.0 Å². The van der Waals surface area contributed by atoms with Gasteiger partial charge in [-0.2, -0.15) is 0 Å². The fourth-order valence-corrected chi connectivity index (χ4v) is 4.29. The van der Waals surface area contributed by atoms with Crippen molar-refractivity contribution in [2.75, 3.05) is 18.2 Å². The summed E-state index contributed by atoms with van der Waals surface area (Å²) in [5.74, 6) is -0.0619. The van der Waals surface area contributed by atoms with Crippen LogP contribution in [0, 0.1) is 5.82 Å². The second-order valence-electron chi connectivity index (χ2n) is 6.45. The molecule has 1 amide bonds. The number of anilines is 1. The molecule has 32 heavy (non-hydrogen) atoms. The van der Waals surface area contributed by atoms with Crippen molar-refractivity contribution >= 4 is 40.0 Å². The van der Waals surface area contributed by atoms with Gasteiger partial charge in [-0.1, -0.05) is 17.8 Å². The van der Waals surface area contributed by atoms with Crippen molar-refractivity contribution in [3.8, 4) is 5.75 Å². The molecular formula is C21H21FN4O4S2. The highest BCUT2D eigenvalue weighted by Gasteiger charge is 2.21. The van der Waals surface area contributed by atoms with Crippen LogP contribution in [-0.4, -0.2) is 39.5 Å². The number of thioether (sulfide) groups is 1. The molecule has 0 aliphatic carbocycles. The predicted molar refractivity (Wildman–Crippen MR) is 121 cm³/mol. The van der Waals surface area contributed by atoms with Crippen molar-refractivity contribution in [2.45, 2.75) is 24.7 Å². The van der Waals surface area contributed by atoms with E-state index in [1.807, 2.05) is 0 Å². The van der Waals surface area contributed by atoms with E-state index in [4.69, 9.17) is 9.47 Å². The maximum Gasteiger partial charge on any atom is 0.340 e. The van der Waals surface area contributed by atoms with Gasteiger partial charge in [0.2, 0.25) is 5.91 Å². The molecule has 3 aromatic rings. The third kappa shape index (κ3) is 5.74. The molecule has 0 saturated heterocycles. The summed E-state index contributed by atoms with van der Waals surface area (Å²) in [6.07, 6.45) is 1.22. The van der Waals surface area contributed by atoms with Gasteiger partial charge in [0.05, 0.1) is 18.4 Å². The van der Waals surface area contributed by atoms with Crippen molar-refractivity contribution in [1.29, 1.82) is 0 Å². The van der Waals surface area contributed by atoms with Gasteiger partial charge in [-0.05, 0) is 42.6 Å². The number of ether oxygens (including phenoxy) is 2. The summed E-state index contributed by atoms with van der Waals surface area (Å²) in [4.78, 5) is 24.2. The van der Waals surface area contributed by atoms with E-state index in [-0.39, 0.29) is 17.5 Å². The number of amides is 1. The molecule has 0 fully saturated rings. The standard InChI is InChI=1S/C21H21FN4O4S2/c1-4-10-26-18(13(2)30-15-7-5-14(22)6-8-15)24-25-21(26)32-12-17(27)23-19-16(9-11-31-19)20(28)29-3/h4-9,11,13H,1,10,12H2,2-3H3,(H,23,27). The number of nitrogens with zero attached hydrogens (tertiary/aromatic N) is 3. The minimum atomic E-state index is -0.514. The van der Waals surface area contributed by atoms with Gasteiger partial charge < -0.3 is 14.8 Å². The molecule has 168 valence electrons. The lowest BCUT2D eigenvalue weighted by atomic mass is 10.3. The number of hydrogen-bond acceptors (Lipinski definition) is 8. The summed E-state index contributed by atoms with van der Waals surface area (Å²) in [6.45, 7) is 5.98. The molecule has 2 heterocycles. The molecule has 1 aromatic carbocycles. The lowest BCUT2D eigenvalue weighted by Gasteiger charge is -2.15. The SMILES string of the molecule is C=CCn1c(SCC(=O)Nc2sccc2C(=O)OC)nnc1C(C)Oc1ccc(F)cc1. The molecular weight excluding hydrogens is 455 g/mol. The molecule has 3 rings (SSSR count). The van der Waals surface area contributed by atoms with Crippen molar-refractivity contribution in [3.63, 3.8) is 0 Å². The van der Waals surface area contributed by atoms with Crippen molar-refractivity contribution in [1.82, 2.24) is 14.8 Å². The summed E-state index contributed by atoms with van der Waals surface area (Å²) < 4.78 is 25.5. The van der Waals surface area contributed by atoms with E-state index in [0.717, 1.165) is 0 Å². The number of aromatic nitrogens is 3. The van der Waals surface area contributed by atoms with E-state index in [0.29, 0.717) is 33.8 Å². The van der Waals surface area contributed by atoms with Crippen LogP contribution in [0.1, 0.15) is 29.2 Å². The highest BCUT2D eigenvalue weighted by Crippen LogP contribution is 2.27. The van der Waals surface area contributed by atoms with E-state index < -0.39 is 12.1 Å². The Morgan fingerprint density at radius 3 is 2.75 bits per heavy atom. The van der Waals surface area contributed by atoms with Gasteiger partial charge in [-0.15, -0.1) is 28.1 Å². The zero-order valence-electron chi connectivity index (χ0n) is 17.4. The second-order valence-corrected chi connectivity index (χ2v) is 8.30. The number of allylic oxidation sites excluding steroid dienone is 1. The summed E-state index contributed by atoms with van der Waals surface area (Å²) in [6, 6.07) is 7.29. The molecule has 11 heteroatoms. The number of rotatable bonds is 10. The van der Waals surface area contributed by atoms with Gasteiger partial charge in [0.1, 0.15) is 16.6 Å². The van der Waals surface area contributed by atoms with E-state index in [1.54, 1.807) is 29.0 Å². The van der Waals surface area contributed by atoms with Crippen LogP contribution in [0.4, 0.5) is 9.39 Å². The molecule has 1 atom stereocenters. The van der Waals surface area contributed by atoms with E-state index in [2.05, 4.69) is 22.1 Å². The zero-order valence-corrected chi connectivity index (χ0v) is 19.0. The quantitative estimate of drug-likeness (QED) is 0.264. The number of nitrogens with one attached hydrogen (secondary N) is 1. The molecule has 1 unspecified atom stereocenters. The Hall–Kier alpha value is -3.18. The van der Waals surface area contributed by atoms with E-state index in [1.165, 1.54) is 54.5 Å². The Morgan fingerprint density at radius 2 is 2.06 bits per heavy atom. The van der Waals surface area contributed by atoms with Crippen LogP contribution in [0.2, 0.25) is 0 Å². The summed E-state index contributed by atoms with van der Waals surface area (Å²) >= 11 is 2.43. The molecule has 0 saturated carbocycles. The summed E-state index contributed by atoms with van der Waals surface area (Å²) in [5, 5.41) is 13.7.